The van der Waals surface area contributed by atoms with Crippen LogP contribution >= 0.6 is 23.2 Å². The fourth-order valence-corrected chi connectivity index (χ4v) is 2.74. The molecule has 0 unspecified atom stereocenters. The predicted octanol–water partition coefficient (Wildman–Crippen LogP) is 3.97. The standard InChI is InChI=1S/C17H17Cl2N3/c1-22-11-10-20-17(22)21-16(12-2-6-14(18)7-3-12)13-4-8-15(19)9-5-13/h2-9,16H,10-11H2,1H3,(H,20,21). The molecule has 22 heavy (non-hydrogen) atoms. The molecule has 0 aliphatic carbocycles. The molecule has 0 saturated heterocycles. The maximum absolute atomic E-state index is 6.01. The zero-order valence-electron chi connectivity index (χ0n) is 12.3. The van der Waals surface area contributed by atoms with Crippen LogP contribution < -0.4 is 5.32 Å². The predicted molar refractivity (Wildman–Crippen MR) is 92.8 cm³/mol. The first-order valence-electron chi connectivity index (χ1n) is 7.16. The smallest absolute Gasteiger partial charge is 0.194 e. The number of rotatable bonds is 3. The molecule has 1 aliphatic rings. The van der Waals surface area contributed by atoms with E-state index in [2.05, 4.69) is 15.2 Å². The maximum atomic E-state index is 6.01. The number of benzene rings is 2. The molecule has 0 aromatic heterocycles. The number of guanidine groups is 1. The minimum Gasteiger partial charge on any atom is -0.345 e. The Balaban J connectivity index is 1.94. The number of hydrogen-bond acceptors (Lipinski definition) is 3. The molecular weight excluding hydrogens is 317 g/mol. The highest BCUT2D eigenvalue weighted by atomic mass is 35.5. The summed E-state index contributed by atoms with van der Waals surface area (Å²) in [4.78, 5) is 6.65. The summed E-state index contributed by atoms with van der Waals surface area (Å²) in [6.45, 7) is 1.77. The molecule has 5 heteroatoms. The highest BCUT2D eigenvalue weighted by molar-refractivity contribution is 6.30. The van der Waals surface area contributed by atoms with Gasteiger partial charge in [-0.25, -0.2) is 0 Å². The first-order chi connectivity index (χ1) is 10.6. The molecule has 1 N–H and O–H groups in total. The molecule has 0 spiro atoms. The first-order valence-corrected chi connectivity index (χ1v) is 7.92. The van der Waals surface area contributed by atoms with E-state index in [4.69, 9.17) is 23.2 Å². The second-order valence-corrected chi connectivity index (χ2v) is 6.18. The van der Waals surface area contributed by atoms with Crippen molar-refractivity contribution in [2.75, 3.05) is 20.1 Å². The second-order valence-electron chi connectivity index (χ2n) is 5.31. The van der Waals surface area contributed by atoms with Gasteiger partial charge in [0.05, 0.1) is 12.6 Å². The van der Waals surface area contributed by atoms with Gasteiger partial charge in [0.1, 0.15) is 0 Å². The van der Waals surface area contributed by atoms with Crippen molar-refractivity contribution in [3.63, 3.8) is 0 Å². The van der Waals surface area contributed by atoms with Crippen LogP contribution in [0, 0.1) is 0 Å². The summed E-state index contributed by atoms with van der Waals surface area (Å²) in [5.41, 5.74) is 2.27. The van der Waals surface area contributed by atoms with Gasteiger partial charge in [0.15, 0.2) is 5.96 Å². The van der Waals surface area contributed by atoms with Crippen LogP contribution in [0.5, 0.6) is 0 Å². The third-order valence-corrected chi connectivity index (χ3v) is 4.24. The SMILES string of the molecule is CN1CCN=C1NC(c1ccc(Cl)cc1)c1ccc(Cl)cc1. The normalized spacial score (nSPS) is 14.4. The molecule has 3 rings (SSSR count). The summed E-state index contributed by atoms with van der Waals surface area (Å²) >= 11 is 12.0. The van der Waals surface area contributed by atoms with Crippen molar-refractivity contribution >= 4 is 29.2 Å². The molecular formula is C17H17Cl2N3. The van der Waals surface area contributed by atoms with Crippen LogP contribution in [-0.4, -0.2) is 31.0 Å². The number of nitrogens with one attached hydrogen (secondary N) is 1. The Hall–Kier alpha value is -1.71. The molecule has 2 aromatic carbocycles. The highest BCUT2D eigenvalue weighted by Crippen LogP contribution is 2.25. The minimum absolute atomic E-state index is 0.00818. The van der Waals surface area contributed by atoms with Gasteiger partial charge in [-0.05, 0) is 35.4 Å². The zero-order chi connectivity index (χ0) is 15.5. The van der Waals surface area contributed by atoms with Crippen LogP contribution in [0.4, 0.5) is 0 Å². The Bertz CT molecular complexity index is 620. The molecule has 3 nitrogen and oxygen atoms in total. The monoisotopic (exact) mass is 333 g/mol. The largest absolute Gasteiger partial charge is 0.345 e. The van der Waals surface area contributed by atoms with Gasteiger partial charge in [0.2, 0.25) is 0 Å². The second kappa shape index (κ2) is 6.59. The lowest BCUT2D eigenvalue weighted by molar-refractivity contribution is 0.525. The van der Waals surface area contributed by atoms with E-state index >= 15 is 0 Å². The van der Waals surface area contributed by atoms with Gasteiger partial charge in [-0.2, -0.15) is 0 Å². The van der Waals surface area contributed by atoms with Crippen molar-refractivity contribution in [3.8, 4) is 0 Å². The Morgan fingerprint density at radius 2 is 1.45 bits per heavy atom. The number of likely N-dealkylation sites (N-methyl/N-ethyl adjacent to an activating group) is 1. The average molecular weight is 334 g/mol. The van der Waals surface area contributed by atoms with Crippen LogP contribution in [0.25, 0.3) is 0 Å². The lowest BCUT2D eigenvalue weighted by atomic mass is 9.99. The van der Waals surface area contributed by atoms with E-state index in [9.17, 15) is 0 Å². The molecule has 0 radical (unpaired) electrons. The summed E-state index contributed by atoms with van der Waals surface area (Å²) in [7, 11) is 2.04. The summed E-state index contributed by atoms with van der Waals surface area (Å²) in [5, 5.41) is 4.99. The van der Waals surface area contributed by atoms with Gasteiger partial charge in [-0.1, -0.05) is 47.5 Å². The Kier molecular flexibility index (Phi) is 4.55. The minimum atomic E-state index is 0.00818. The van der Waals surface area contributed by atoms with E-state index in [1.807, 2.05) is 55.6 Å². The van der Waals surface area contributed by atoms with Gasteiger partial charge in [0.25, 0.3) is 0 Å². The maximum Gasteiger partial charge on any atom is 0.194 e. The van der Waals surface area contributed by atoms with Crippen molar-refractivity contribution in [1.82, 2.24) is 10.2 Å². The Labute approximate surface area is 140 Å². The van der Waals surface area contributed by atoms with E-state index in [1.165, 1.54) is 0 Å². The molecule has 2 aromatic rings. The fourth-order valence-electron chi connectivity index (χ4n) is 2.49. The summed E-state index contributed by atoms with van der Waals surface area (Å²) < 4.78 is 0. The van der Waals surface area contributed by atoms with Crippen molar-refractivity contribution < 1.29 is 0 Å². The van der Waals surface area contributed by atoms with Crippen LogP contribution in [0.3, 0.4) is 0 Å². The summed E-state index contributed by atoms with van der Waals surface area (Å²) in [6.07, 6.45) is 0. The number of nitrogens with zero attached hydrogens (tertiary/aromatic N) is 2. The number of aliphatic imine (C=N–C) groups is 1. The lowest BCUT2D eigenvalue weighted by Gasteiger charge is -2.24. The molecule has 0 atom stereocenters. The van der Waals surface area contributed by atoms with Crippen LogP contribution in [-0.2, 0) is 0 Å². The van der Waals surface area contributed by atoms with Gasteiger partial charge < -0.3 is 10.2 Å². The fraction of sp³-hybridized carbons (Fsp3) is 0.235. The van der Waals surface area contributed by atoms with E-state index in [0.717, 1.165) is 40.2 Å². The van der Waals surface area contributed by atoms with Gasteiger partial charge in [-0.15, -0.1) is 0 Å². The first kappa shape index (κ1) is 15.2. The summed E-state index contributed by atoms with van der Waals surface area (Å²) in [5.74, 6) is 0.912. The van der Waals surface area contributed by atoms with Crippen LogP contribution in [0.15, 0.2) is 53.5 Å². The lowest BCUT2D eigenvalue weighted by Crippen LogP contribution is -2.38. The van der Waals surface area contributed by atoms with Crippen LogP contribution in [0.2, 0.25) is 10.0 Å². The molecule has 1 heterocycles. The molecule has 114 valence electrons. The van der Waals surface area contributed by atoms with E-state index < -0.39 is 0 Å². The van der Waals surface area contributed by atoms with Crippen molar-refractivity contribution in [3.05, 3.63) is 69.7 Å². The third-order valence-electron chi connectivity index (χ3n) is 3.74. The summed E-state index contributed by atoms with van der Waals surface area (Å²) in [6, 6.07) is 15.8. The molecule has 0 fully saturated rings. The van der Waals surface area contributed by atoms with Gasteiger partial charge in [0, 0.05) is 23.6 Å². The quantitative estimate of drug-likeness (QED) is 0.920. The molecule has 1 aliphatic heterocycles. The average Bonchev–Trinajstić information content (AvgIpc) is 2.92. The van der Waals surface area contributed by atoms with E-state index in [-0.39, 0.29) is 6.04 Å². The third kappa shape index (κ3) is 3.37. The molecule has 0 saturated carbocycles. The number of halogens is 2. The molecule has 0 amide bonds. The van der Waals surface area contributed by atoms with Crippen molar-refractivity contribution in [2.45, 2.75) is 6.04 Å². The Morgan fingerprint density at radius 3 is 1.86 bits per heavy atom. The Morgan fingerprint density at radius 1 is 0.955 bits per heavy atom. The van der Waals surface area contributed by atoms with Crippen LogP contribution in [0.1, 0.15) is 17.2 Å². The molecule has 0 bridgehead atoms. The zero-order valence-corrected chi connectivity index (χ0v) is 13.8. The van der Waals surface area contributed by atoms with Crippen molar-refractivity contribution in [1.29, 1.82) is 0 Å². The van der Waals surface area contributed by atoms with E-state index in [0.29, 0.717) is 0 Å². The topological polar surface area (TPSA) is 27.6 Å². The van der Waals surface area contributed by atoms with Gasteiger partial charge in [-0.3, -0.25) is 4.99 Å². The van der Waals surface area contributed by atoms with E-state index in [1.54, 1.807) is 0 Å². The highest BCUT2D eigenvalue weighted by Gasteiger charge is 2.20. The van der Waals surface area contributed by atoms with Crippen molar-refractivity contribution in [2.24, 2.45) is 4.99 Å². The number of hydrogen-bond donors (Lipinski definition) is 1. The van der Waals surface area contributed by atoms with Gasteiger partial charge >= 0.3 is 0 Å².